The summed E-state index contributed by atoms with van der Waals surface area (Å²) in [6.07, 6.45) is 1.75. The minimum absolute atomic E-state index is 0.0332. The van der Waals surface area contributed by atoms with E-state index in [4.69, 9.17) is 9.47 Å². The molecule has 1 atom stereocenters. The Morgan fingerprint density at radius 2 is 1.86 bits per heavy atom. The largest absolute Gasteiger partial charge is 0.497 e. The molecule has 0 saturated carbocycles. The SMILES string of the molecule is COc1ccc(OC)c([C@@H]2CCCN2C(=O)CNC(=O)c2ccc(C)c(C)c2)c1. The van der Waals surface area contributed by atoms with E-state index in [1.54, 1.807) is 20.3 Å². The Kier molecular flexibility index (Phi) is 6.42. The van der Waals surface area contributed by atoms with Crippen molar-refractivity contribution >= 4 is 11.8 Å². The van der Waals surface area contributed by atoms with E-state index < -0.39 is 0 Å². The molecule has 1 heterocycles. The van der Waals surface area contributed by atoms with Crippen molar-refractivity contribution in [3.63, 3.8) is 0 Å². The fraction of sp³-hybridized carbons (Fsp3) is 0.391. The molecule has 2 amide bonds. The maximum Gasteiger partial charge on any atom is 0.251 e. The van der Waals surface area contributed by atoms with E-state index in [0.717, 1.165) is 41.0 Å². The number of nitrogens with one attached hydrogen (secondary N) is 1. The lowest BCUT2D eigenvalue weighted by Crippen LogP contribution is -2.40. The fourth-order valence-corrected chi connectivity index (χ4v) is 3.73. The molecule has 2 aromatic rings. The van der Waals surface area contributed by atoms with E-state index in [0.29, 0.717) is 12.1 Å². The topological polar surface area (TPSA) is 67.9 Å². The summed E-state index contributed by atoms with van der Waals surface area (Å²) < 4.78 is 10.8. The molecule has 6 heteroatoms. The van der Waals surface area contributed by atoms with Gasteiger partial charge in [0.05, 0.1) is 26.8 Å². The van der Waals surface area contributed by atoms with Gasteiger partial charge in [0, 0.05) is 17.7 Å². The monoisotopic (exact) mass is 396 g/mol. The smallest absolute Gasteiger partial charge is 0.251 e. The van der Waals surface area contributed by atoms with Crippen LogP contribution in [0.25, 0.3) is 0 Å². The molecule has 0 bridgehead atoms. The number of rotatable bonds is 6. The van der Waals surface area contributed by atoms with Gasteiger partial charge < -0.3 is 19.7 Å². The summed E-state index contributed by atoms with van der Waals surface area (Å²) in [5, 5.41) is 2.76. The number of carbonyl (C=O) groups excluding carboxylic acids is 2. The first-order chi connectivity index (χ1) is 13.9. The first-order valence-electron chi connectivity index (χ1n) is 9.81. The molecule has 1 aliphatic rings. The van der Waals surface area contributed by atoms with E-state index in [9.17, 15) is 9.59 Å². The molecule has 0 unspecified atom stereocenters. The maximum atomic E-state index is 12.9. The van der Waals surface area contributed by atoms with Gasteiger partial charge in [-0.2, -0.15) is 0 Å². The molecule has 0 aliphatic carbocycles. The Morgan fingerprint density at radius 1 is 1.07 bits per heavy atom. The van der Waals surface area contributed by atoms with Gasteiger partial charge in [0.1, 0.15) is 11.5 Å². The Hall–Kier alpha value is -3.02. The molecule has 1 fully saturated rings. The lowest BCUT2D eigenvalue weighted by Gasteiger charge is -2.27. The number of hydrogen-bond acceptors (Lipinski definition) is 4. The normalized spacial score (nSPS) is 15.9. The van der Waals surface area contributed by atoms with Crippen LogP contribution in [-0.2, 0) is 4.79 Å². The van der Waals surface area contributed by atoms with Crippen molar-refractivity contribution < 1.29 is 19.1 Å². The van der Waals surface area contributed by atoms with Gasteiger partial charge in [-0.05, 0) is 68.1 Å². The van der Waals surface area contributed by atoms with Gasteiger partial charge in [0.25, 0.3) is 5.91 Å². The fourth-order valence-electron chi connectivity index (χ4n) is 3.73. The number of aryl methyl sites for hydroxylation is 2. The highest BCUT2D eigenvalue weighted by Crippen LogP contribution is 2.38. The van der Waals surface area contributed by atoms with Crippen LogP contribution in [0.5, 0.6) is 11.5 Å². The summed E-state index contributed by atoms with van der Waals surface area (Å²) in [7, 11) is 3.24. The summed E-state index contributed by atoms with van der Waals surface area (Å²) in [4.78, 5) is 27.1. The number of ether oxygens (including phenoxy) is 2. The van der Waals surface area contributed by atoms with E-state index in [-0.39, 0.29) is 24.4 Å². The van der Waals surface area contributed by atoms with Gasteiger partial charge in [-0.3, -0.25) is 9.59 Å². The zero-order chi connectivity index (χ0) is 21.0. The Bertz CT molecular complexity index is 910. The molecule has 1 N–H and O–H groups in total. The predicted molar refractivity (Wildman–Crippen MR) is 111 cm³/mol. The second kappa shape index (κ2) is 8.99. The molecule has 3 rings (SSSR count). The average molecular weight is 396 g/mol. The van der Waals surface area contributed by atoms with Crippen LogP contribution in [0.1, 0.15) is 45.9 Å². The Balaban J connectivity index is 1.70. The molecular formula is C23H28N2O4. The Labute approximate surface area is 171 Å². The molecule has 0 spiro atoms. The molecular weight excluding hydrogens is 368 g/mol. The zero-order valence-corrected chi connectivity index (χ0v) is 17.5. The summed E-state index contributed by atoms with van der Waals surface area (Å²) in [5.74, 6) is 1.11. The summed E-state index contributed by atoms with van der Waals surface area (Å²) in [6.45, 7) is 4.59. The molecule has 154 valence electrons. The number of likely N-dealkylation sites (tertiary alicyclic amines) is 1. The lowest BCUT2D eigenvalue weighted by atomic mass is 10.0. The molecule has 2 aromatic carbocycles. The first-order valence-corrected chi connectivity index (χ1v) is 9.81. The third-order valence-corrected chi connectivity index (χ3v) is 5.54. The maximum absolute atomic E-state index is 12.9. The summed E-state index contributed by atoms with van der Waals surface area (Å²) in [6, 6.07) is 11.1. The van der Waals surface area contributed by atoms with Crippen molar-refractivity contribution in [2.24, 2.45) is 0 Å². The zero-order valence-electron chi connectivity index (χ0n) is 17.5. The van der Waals surface area contributed by atoms with Crippen molar-refractivity contribution in [1.82, 2.24) is 10.2 Å². The van der Waals surface area contributed by atoms with Crippen LogP contribution < -0.4 is 14.8 Å². The molecule has 1 saturated heterocycles. The molecule has 1 aliphatic heterocycles. The van der Waals surface area contributed by atoms with Crippen LogP contribution in [0.3, 0.4) is 0 Å². The van der Waals surface area contributed by atoms with Crippen LogP contribution in [0.2, 0.25) is 0 Å². The number of methoxy groups -OCH3 is 2. The average Bonchev–Trinajstić information content (AvgIpc) is 3.23. The predicted octanol–water partition coefficient (Wildman–Crippen LogP) is 3.41. The minimum atomic E-state index is -0.240. The van der Waals surface area contributed by atoms with Gasteiger partial charge in [0.2, 0.25) is 5.91 Å². The van der Waals surface area contributed by atoms with Crippen LogP contribution in [-0.4, -0.2) is 44.0 Å². The van der Waals surface area contributed by atoms with E-state index in [1.165, 1.54) is 0 Å². The number of carbonyl (C=O) groups is 2. The molecule has 29 heavy (non-hydrogen) atoms. The third-order valence-electron chi connectivity index (χ3n) is 5.54. The lowest BCUT2D eigenvalue weighted by molar-refractivity contribution is -0.131. The highest BCUT2D eigenvalue weighted by Gasteiger charge is 2.32. The van der Waals surface area contributed by atoms with Crippen molar-refractivity contribution in [3.05, 3.63) is 58.7 Å². The van der Waals surface area contributed by atoms with Crippen molar-refractivity contribution in [1.29, 1.82) is 0 Å². The second-order valence-electron chi connectivity index (χ2n) is 7.33. The highest BCUT2D eigenvalue weighted by atomic mass is 16.5. The number of benzene rings is 2. The van der Waals surface area contributed by atoms with Crippen molar-refractivity contribution in [2.45, 2.75) is 32.7 Å². The molecule has 6 nitrogen and oxygen atoms in total. The summed E-state index contributed by atoms with van der Waals surface area (Å²) >= 11 is 0. The van der Waals surface area contributed by atoms with Gasteiger partial charge in [-0.25, -0.2) is 0 Å². The van der Waals surface area contributed by atoms with E-state index in [2.05, 4.69) is 5.32 Å². The molecule has 0 radical (unpaired) electrons. The van der Waals surface area contributed by atoms with Crippen molar-refractivity contribution in [3.8, 4) is 11.5 Å². The van der Waals surface area contributed by atoms with Crippen LogP contribution >= 0.6 is 0 Å². The summed E-state index contributed by atoms with van der Waals surface area (Å²) in [5.41, 5.74) is 3.67. The number of hydrogen-bond donors (Lipinski definition) is 1. The number of nitrogens with zero attached hydrogens (tertiary/aromatic N) is 1. The Morgan fingerprint density at radius 3 is 2.55 bits per heavy atom. The van der Waals surface area contributed by atoms with Crippen LogP contribution in [0.4, 0.5) is 0 Å². The third kappa shape index (κ3) is 4.53. The van der Waals surface area contributed by atoms with Crippen molar-refractivity contribution in [2.75, 3.05) is 27.3 Å². The quantitative estimate of drug-likeness (QED) is 0.813. The van der Waals surface area contributed by atoms with Gasteiger partial charge in [-0.1, -0.05) is 6.07 Å². The minimum Gasteiger partial charge on any atom is -0.497 e. The second-order valence-corrected chi connectivity index (χ2v) is 7.33. The van der Waals surface area contributed by atoms with Gasteiger partial charge in [-0.15, -0.1) is 0 Å². The molecule has 0 aromatic heterocycles. The van der Waals surface area contributed by atoms with Gasteiger partial charge >= 0.3 is 0 Å². The highest BCUT2D eigenvalue weighted by molar-refractivity contribution is 5.96. The van der Waals surface area contributed by atoms with Crippen LogP contribution in [0, 0.1) is 13.8 Å². The van der Waals surface area contributed by atoms with E-state index >= 15 is 0 Å². The van der Waals surface area contributed by atoms with Gasteiger partial charge in [0.15, 0.2) is 0 Å². The first kappa shape index (κ1) is 20.7. The van der Waals surface area contributed by atoms with E-state index in [1.807, 2.05) is 49.1 Å². The standard InChI is InChI=1S/C23H28N2O4/c1-15-7-8-17(12-16(15)2)23(27)24-14-22(26)25-11-5-6-20(25)19-13-18(28-3)9-10-21(19)29-4/h7-10,12-13,20H,5-6,11,14H2,1-4H3,(H,24,27)/t20-/m0/s1. The number of amides is 2. The van der Waals surface area contributed by atoms with Crippen LogP contribution in [0.15, 0.2) is 36.4 Å².